The van der Waals surface area contributed by atoms with Crippen LogP contribution in [0.1, 0.15) is 290 Å². The lowest BCUT2D eigenvalue weighted by atomic mass is 10.0. The van der Waals surface area contributed by atoms with Gasteiger partial charge < -0.3 is 14.2 Å². The van der Waals surface area contributed by atoms with Crippen molar-refractivity contribution in [2.24, 2.45) is 0 Å². The van der Waals surface area contributed by atoms with E-state index in [4.69, 9.17) is 14.2 Å². The van der Waals surface area contributed by atoms with Gasteiger partial charge in [-0.05, 0) is 77.0 Å². The summed E-state index contributed by atoms with van der Waals surface area (Å²) in [6.45, 7) is 6.44. The summed E-state index contributed by atoms with van der Waals surface area (Å²) in [4.78, 5) is 38.1. The minimum Gasteiger partial charge on any atom is -0.462 e. The molecule has 71 heavy (non-hydrogen) atoms. The number of hydrogen-bond acceptors (Lipinski definition) is 6. The third-order valence-electron chi connectivity index (χ3n) is 12.9. The Kier molecular flexibility index (Phi) is 56.3. The first kappa shape index (κ1) is 67.6. The molecule has 0 fully saturated rings. The third kappa shape index (κ3) is 57.4. The molecule has 0 aromatic heterocycles. The van der Waals surface area contributed by atoms with Gasteiger partial charge in [0, 0.05) is 12.8 Å². The van der Waals surface area contributed by atoms with Crippen LogP contribution in [0.5, 0.6) is 0 Å². The quantitative estimate of drug-likeness (QED) is 0.0261. The van der Waals surface area contributed by atoms with E-state index in [9.17, 15) is 14.4 Å². The first-order valence-electron chi connectivity index (χ1n) is 30.1. The van der Waals surface area contributed by atoms with E-state index in [0.717, 1.165) is 83.5 Å². The molecule has 0 N–H and O–H groups in total. The maximum Gasteiger partial charge on any atom is 0.309 e. The normalized spacial score (nSPS) is 12.7. The Morgan fingerprint density at radius 3 is 1.01 bits per heavy atom. The molecule has 0 aliphatic carbocycles. The molecular formula is C65H112O6. The first-order chi connectivity index (χ1) is 35.0. The fraction of sp³-hybridized carbons (Fsp3) is 0.738. The molecule has 0 aliphatic heterocycles. The molecule has 0 radical (unpaired) electrons. The van der Waals surface area contributed by atoms with Crippen molar-refractivity contribution in [1.29, 1.82) is 0 Å². The van der Waals surface area contributed by atoms with Crippen molar-refractivity contribution < 1.29 is 28.6 Å². The average molecular weight is 990 g/mol. The molecule has 408 valence electrons. The van der Waals surface area contributed by atoms with Crippen LogP contribution in [-0.4, -0.2) is 37.2 Å². The maximum atomic E-state index is 12.9. The second kappa shape index (κ2) is 59.2. The van der Waals surface area contributed by atoms with Gasteiger partial charge in [-0.2, -0.15) is 0 Å². The van der Waals surface area contributed by atoms with Crippen LogP contribution in [0.4, 0.5) is 0 Å². The van der Waals surface area contributed by atoms with E-state index in [1.165, 1.54) is 167 Å². The van der Waals surface area contributed by atoms with Gasteiger partial charge in [-0.1, -0.05) is 279 Å². The zero-order valence-electron chi connectivity index (χ0n) is 46.7. The molecule has 0 spiro atoms. The lowest BCUT2D eigenvalue weighted by Crippen LogP contribution is -2.30. The summed E-state index contributed by atoms with van der Waals surface area (Å²) in [7, 11) is 0. The second-order valence-corrected chi connectivity index (χ2v) is 19.9. The number of rotatable bonds is 54. The van der Waals surface area contributed by atoms with Crippen LogP contribution in [0.15, 0.2) is 85.1 Å². The Morgan fingerprint density at radius 1 is 0.310 bits per heavy atom. The van der Waals surface area contributed by atoms with Crippen LogP contribution in [-0.2, 0) is 28.6 Å². The van der Waals surface area contributed by atoms with Gasteiger partial charge in [0.25, 0.3) is 0 Å². The van der Waals surface area contributed by atoms with E-state index in [2.05, 4.69) is 93.7 Å². The fourth-order valence-corrected chi connectivity index (χ4v) is 8.43. The molecule has 1 unspecified atom stereocenters. The largest absolute Gasteiger partial charge is 0.462 e. The predicted octanol–water partition coefficient (Wildman–Crippen LogP) is 20.3. The minimum absolute atomic E-state index is 0.107. The molecule has 0 amide bonds. The molecule has 6 heteroatoms. The molecule has 0 rings (SSSR count). The van der Waals surface area contributed by atoms with Crippen molar-refractivity contribution in [3.8, 4) is 0 Å². The molecule has 0 aliphatic rings. The van der Waals surface area contributed by atoms with Gasteiger partial charge in [0.2, 0.25) is 0 Å². The van der Waals surface area contributed by atoms with E-state index >= 15 is 0 Å². The van der Waals surface area contributed by atoms with Crippen LogP contribution in [0.3, 0.4) is 0 Å². The maximum absolute atomic E-state index is 12.9. The number of hydrogen-bond donors (Lipinski definition) is 0. The van der Waals surface area contributed by atoms with Crippen molar-refractivity contribution in [3.05, 3.63) is 85.1 Å². The zero-order chi connectivity index (χ0) is 51.4. The molecule has 1 atom stereocenters. The Balaban J connectivity index is 4.42. The smallest absolute Gasteiger partial charge is 0.309 e. The van der Waals surface area contributed by atoms with E-state index in [1.807, 2.05) is 6.08 Å². The SMILES string of the molecule is CC/C=C\C/C=C\C/C=C\C/C=C\C/C=C\CC(=O)OCC(COC(=O)CCCCCCCCCCCCCCCCCCCCCCC)OC(=O)CCCCCCCCC/C=C\C/C=C\CCCCC. The topological polar surface area (TPSA) is 78.9 Å². The van der Waals surface area contributed by atoms with Crippen LogP contribution in [0, 0.1) is 0 Å². The standard InChI is InChI=1S/C65H112O6/c1-4-7-10-13-16-19-22-25-28-30-31-32-33-35-37-40-43-46-49-52-55-58-64(67)70-61-62(60-69-63(66)57-54-51-48-45-42-39-36-27-24-21-18-15-12-9-6-3)71-65(68)59-56-53-50-47-44-41-38-34-29-26-23-20-17-14-11-8-5-2/h9,12,17-18,20-21,26-27,29,36,42,45,51,54,62H,4-8,10-11,13-16,19,22-25,28,30-35,37-41,43-44,46-50,52-53,55-61H2,1-3H3/b12-9-,20-17-,21-18-,29-26-,36-27-,45-42-,54-51-. The zero-order valence-corrected chi connectivity index (χ0v) is 46.7. The van der Waals surface area contributed by atoms with Gasteiger partial charge in [-0.25, -0.2) is 0 Å². The summed E-state index contributed by atoms with van der Waals surface area (Å²) < 4.78 is 16.8. The number of esters is 3. The summed E-state index contributed by atoms with van der Waals surface area (Å²) in [5.41, 5.74) is 0. The molecule has 0 saturated carbocycles. The van der Waals surface area contributed by atoms with Gasteiger partial charge in [-0.15, -0.1) is 0 Å². The van der Waals surface area contributed by atoms with Crippen LogP contribution in [0.25, 0.3) is 0 Å². The highest BCUT2D eigenvalue weighted by Crippen LogP contribution is 2.16. The summed E-state index contributed by atoms with van der Waals surface area (Å²) in [6.07, 6.45) is 77.5. The summed E-state index contributed by atoms with van der Waals surface area (Å²) in [6, 6.07) is 0. The number of unbranched alkanes of at least 4 members (excludes halogenated alkanes) is 30. The Morgan fingerprint density at radius 2 is 0.606 bits per heavy atom. The summed E-state index contributed by atoms with van der Waals surface area (Å²) in [5, 5.41) is 0. The van der Waals surface area contributed by atoms with Gasteiger partial charge in [0.1, 0.15) is 13.2 Å². The number of carbonyl (C=O) groups excluding carboxylic acids is 3. The Hall–Kier alpha value is -3.41. The highest BCUT2D eigenvalue weighted by atomic mass is 16.6. The van der Waals surface area contributed by atoms with Gasteiger partial charge >= 0.3 is 17.9 Å². The van der Waals surface area contributed by atoms with Crippen LogP contribution in [0.2, 0.25) is 0 Å². The monoisotopic (exact) mass is 989 g/mol. The number of allylic oxidation sites excluding steroid dienone is 13. The Labute approximate surface area is 439 Å². The Bertz CT molecular complexity index is 1370. The highest BCUT2D eigenvalue weighted by Gasteiger charge is 2.19. The molecule has 0 heterocycles. The number of carbonyl (C=O) groups is 3. The fourth-order valence-electron chi connectivity index (χ4n) is 8.43. The van der Waals surface area contributed by atoms with E-state index in [1.54, 1.807) is 6.08 Å². The molecular weight excluding hydrogens is 877 g/mol. The molecule has 6 nitrogen and oxygen atoms in total. The predicted molar refractivity (Wildman–Crippen MR) is 307 cm³/mol. The molecule has 0 aromatic rings. The van der Waals surface area contributed by atoms with Crippen molar-refractivity contribution in [2.45, 2.75) is 297 Å². The van der Waals surface area contributed by atoms with Crippen LogP contribution >= 0.6 is 0 Å². The molecule has 0 aromatic carbocycles. The average Bonchev–Trinajstić information content (AvgIpc) is 3.37. The molecule has 0 bridgehead atoms. The van der Waals surface area contributed by atoms with Crippen molar-refractivity contribution in [3.63, 3.8) is 0 Å². The van der Waals surface area contributed by atoms with E-state index in [0.29, 0.717) is 12.8 Å². The van der Waals surface area contributed by atoms with Gasteiger partial charge in [0.05, 0.1) is 6.42 Å². The highest BCUT2D eigenvalue weighted by molar-refractivity contribution is 5.72. The van der Waals surface area contributed by atoms with Gasteiger partial charge in [-0.3, -0.25) is 14.4 Å². The number of ether oxygens (including phenoxy) is 3. The second-order valence-electron chi connectivity index (χ2n) is 19.9. The van der Waals surface area contributed by atoms with Crippen molar-refractivity contribution >= 4 is 17.9 Å². The van der Waals surface area contributed by atoms with Crippen molar-refractivity contribution in [2.75, 3.05) is 13.2 Å². The van der Waals surface area contributed by atoms with Crippen LogP contribution < -0.4 is 0 Å². The lowest BCUT2D eigenvalue weighted by molar-refractivity contribution is -0.166. The van der Waals surface area contributed by atoms with E-state index in [-0.39, 0.29) is 31.6 Å². The molecule has 0 saturated heterocycles. The third-order valence-corrected chi connectivity index (χ3v) is 12.9. The minimum atomic E-state index is -0.820. The van der Waals surface area contributed by atoms with Crippen molar-refractivity contribution in [1.82, 2.24) is 0 Å². The lowest BCUT2D eigenvalue weighted by Gasteiger charge is -2.18. The summed E-state index contributed by atoms with van der Waals surface area (Å²) in [5.74, 6) is -1.04. The first-order valence-corrected chi connectivity index (χ1v) is 30.1. The van der Waals surface area contributed by atoms with Gasteiger partial charge in [0.15, 0.2) is 6.10 Å². The summed E-state index contributed by atoms with van der Waals surface area (Å²) >= 11 is 0. The van der Waals surface area contributed by atoms with E-state index < -0.39 is 12.1 Å².